The van der Waals surface area contributed by atoms with Gasteiger partial charge in [-0.05, 0) is 17.7 Å². The van der Waals surface area contributed by atoms with Crippen molar-refractivity contribution in [3.8, 4) is 0 Å². The summed E-state index contributed by atoms with van der Waals surface area (Å²) in [7, 11) is 0. The molecule has 13 heavy (non-hydrogen) atoms. The van der Waals surface area contributed by atoms with Crippen LogP contribution >= 0.6 is 23.2 Å². The maximum Gasteiger partial charge on any atom is 0.160 e. The van der Waals surface area contributed by atoms with Gasteiger partial charge < -0.3 is 5.11 Å². The molecule has 1 N–H and O–H groups in total. The zero-order valence-electron chi connectivity index (χ0n) is 6.60. The summed E-state index contributed by atoms with van der Waals surface area (Å²) in [5.41, 5.74) is 0.658. The van der Waals surface area contributed by atoms with Gasteiger partial charge in [0.1, 0.15) is 0 Å². The third-order valence-electron chi connectivity index (χ3n) is 1.42. The van der Waals surface area contributed by atoms with Crippen molar-refractivity contribution in [3.63, 3.8) is 0 Å². The number of hydrogen-bond donors (Lipinski definition) is 1. The Morgan fingerprint density at radius 2 is 1.85 bits per heavy atom. The van der Waals surface area contributed by atoms with Crippen LogP contribution in [0.25, 0.3) is 6.08 Å². The molecule has 0 spiro atoms. The molecular formula is C9H7Cl2FO. The Hall–Kier alpha value is -0.570. The standard InChI is InChI=1S/C9H7Cl2FO/c10-7-4-6(2-1-3-13)5-8(11)9(7)12/h1-2,4-5,13H,3H2. The van der Waals surface area contributed by atoms with Crippen LogP contribution in [0.2, 0.25) is 10.0 Å². The fourth-order valence-corrected chi connectivity index (χ4v) is 1.36. The summed E-state index contributed by atoms with van der Waals surface area (Å²) < 4.78 is 12.9. The highest BCUT2D eigenvalue weighted by Gasteiger charge is 2.05. The minimum Gasteiger partial charge on any atom is -0.392 e. The lowest BCUT2D eigenvalue weighted by molar-refractivity contribution is 0.343. The van der Waals surface area contributed by atoms with Crippen molar-refractivity contribution in [1.29, 1.82) is 0 Å². The molecule has 0 aliphatic carbocycles. The number of aliphatic hydroxyl groups is 1. The van der Waals surface area contributed by atoms with Crippen LogP contribution < -0.4 is 0 Å². The molecule has 0 atom stereocenters. The van der Waals surface area contributed by atoms with Crippen LogP contribution in [0.5, 0.6) is 0 Å². The maximum atomic E-state index is 12.9. The first-order valence-corrected chi connectivity index (χ1v) is 4.32. The van der Waals surface area contributed by atoms with Gasteiger partial charge in [-0.15, -0.1) is 0 Å². The third kappa shape index (κ3) is 2.69. The monoisotopic (exact) mass is 220 g/mol. The van der Waals surface area contributed by atoms with Gasteiger partial charge in [0.2, 0.25) is 0 Å². The fraction of sp³-hybridized carbons (Fsp3) is 0.111. The van der Waals surface area contributed by atoms with Gasteiger partial charge in [0, 0.05) is 0 Å². The summed E-state index contributed by atoms with van der Waals surface area (Å²) in [6.45, 7) is -0.0768. The van der Waals surface area contributed by atoms with E-state index in [4.69, 9.17) is 28.3 Å². The van der Waals surface area contributed by atoms with E-state index in [1.54, 1.807) is 6.08 Å². The van der Waals surface area contributed by atoms with E-state index in [0.717, 1.165) is 0 Å². The fourth-order valence-electron chi connectivity index (χ4n) is 0.860. The van der Waals surface area contributed by atoms with Gasteiger partial charge in [-0.1, -0.05) is 35.4 Å². The highest BCUT2D eigenvalue weighted by molar-refractivity contribution is 6.35. The molecule has 1 nitrogen and oxygen atoms in total. The van der Waals surface area contributed by atoms with Gasteiger partial charge in [-0.25, -0.2) is 4.39 Å². The lowest BCUT2D eigenvalue weighted by atomic mass is 10.2. The quantitative estimate of drug-likeness (QED) is 0.760. The first-order chi connectivity index (χ1) is 6.15. The summed E-state index contributed by atoms with van der Waals surface area (Å²) in [5, 5.41) is 8.45. The Bertz CT molecular complexity index is 313. The highest BCUT2D eigenvalue weighted by Crippen LogP contribution is 2.25. The van der Waals surface area contributed by atoms with Crippen LogP contribution in [-0.4, -0.2) is 11.7 Å². The van der Waals surface area contributed by atoms with Gasteiger partial charge in [-0.3, -0.25) is 0 Å². The maximum absolute atomic E-state index is 12.9. The van der Waals surface area contributed by atoms with Crippen LogP contribution in [-0.2, 0) is 0 Å². The molecule has 0 saturated heterocycles. The molecule has 4 heteroatoms. The summed E-state index contributed by atoms with van der Waals surface area (Å²) >= 11 is 11.1. The van der Waals surface area contributed by atoms with Gasteiger partial charge in [0.15, 0.2) is 5.82 Å². The Morgan fingerprint density at radius 3 is 2.31 bits per heavy atom. The zero-order chi connectivity index (χ0) is 9.84. The SMILES string of the molecule is OCC=Cc1cc(Cl)c(F)c(Cl)c1. The molecule has 0 unspecified atom stereocenters. The van der Waals surface area contributed by atoms with Crippen molar-refractivity contribution >= 4 is 29.3 Å². The smallest absolute Gasteiger partial charge is 0.160 e. The van der Waals surface area contributed by atoms with E-state index >= 15 is 0 Å². The molecule has 1 aromatic rings. The molecular weight excluding hydrogens is 214 g/mol. The molecule has 0 fully saturated rings. The van der Waals surface area contributed by atoms with Crippen LogP contribution in [0.3, 0.4) is 0 Å². The second-order valence-electron chi connectivity index (χ2n) is 2.38. The Morgan fingerprint density at radius 1 is 1.31 bits per heavy atom. The van der Waals surface area contributed by atoms with E-state index in [9.17, 15) is 4.39 Å². The molecule has 0 aliphatic rings. The van der Waals surface area contributed by atoms with E-state index in [-0.39, 0.29) is 16.7 Å². The molecule has 0 amide bonds. The number of benzene rings is 1. The highest BCUT2D eigenvalue weighted by atomic mass is 35.5. The molecule has 0 radical (unpaired) electrons. The van der Waals surface area contributed by atoms with Crippen molar-refractivity contribution in [1.82, 2.24) is 0 Å². The second kappa shape index (κ2) is 4.61. The predicted octanol–water partition coefficient (Wildman–Crippen LogP) is 3.14. The van der Waals surface area contributed by atoms with Crippen LogP contribution in [0.1, 0.15) is 5.56 Å². The minimum absolute atomic E-state index is 0.0231. The molecule has 0 heterocycles. The first kappa shape index (κ1) is 10.5. The normalized spacial score (nSPS) is 11.1. The van der Waals surface area contributed by atoms with Crippen molar-refractivity contribution in [2.45, 2.75) is 0 Å². The van der Waals surface area contributed by atoms with Crippen molar-refractivity contribution in [2.24, 2.45) is 0 Å². The lowest BCUT2D eigenvalue weighted by Crippen LogP contribution is -1.82. The minimum atomic E-state index is -0.621. The molecule has 70 valence electrons. The molecule has 0 aliphatic heterocycles. The molecule has 0 aromatic heterocycles. The number of aliphatic hydroxyl groups excluding tert-OH is 1. The van der Waals surface area contributed by atoms with Crippen LogP contribution in [0, 0.1) is 5.82 Å². The Balaban J connectivity index is 3.06. The molecule has 1 rings (SSSR count). The van der Waals surface area contributed by atoms with Crippen LogP contribution in [0.4, 0.5) is 4.39 Å². The van der Waals surface area contributed by atoms with Gasteiger partial charge in [0.05, 0.1) is 16.7 Å². The molecule has 0 bridgehead atoms. The van der Waals surface area contributed by atoms with E-state index in [1.807, 2.05) is 0 Å². The predicted molar refractivity (Wildman–Crippen MR) is 52.5 cm³/mol. The average Bonchev–Trinajstić information content (AvgIpc) is 2.10. The average molecular weight is 221 g/mol. The Labute approximate surface area is 85.4 Å². The van der Waals surface area contributed by atoms with E-state index in [0.29, 0.717) is 5.56 Å². The van der Waals surface area contributed by atoms with E-state index < -0.39 is 5.82 Å². The number of hydrogen-bond acceptors (Lipinski definition) is 1. The third-order valence-corrected chi connectivity index (χ3v) is 1.97. The summed E-state index contributed by atoms with van der Waals surface area (Å²) in [5.74, 6) is -0.621. The Kier molecular flexibility index (Phi) is 3.72. The lowest BCUT2D eigenvalue weighted by Gasteiger charge is -1.99. The zero-order valence-corrected chi connectivity index (χ0v) is 8.11. The topological polar surface area (TPSA) is 20.2 Å². The summed E-state index contributed by atoms with van der Waals surface area (Å²) in [6, 6.07) is 2.88. The van der Waals surface area contributed by atoms with Crippen molar-refractivity contribution in [3.05, 3.63) is 39.6 Å². The number of halogens is 3. The van der Waals surface area contributed by atoms with Gasteiger partial charge in [0.25, 0.3) is 0 Å². The largest absolute Gasteiger partial charge is 0.392 e. The van der Waals surface area contributed by atoms with E-state index in [1.165, 1.54) is 18.2 Å². The van der Waals surface area contributed by atoms with Crippen molar-refractivity contribution < 1.29 is 9.50 Å². The van der Waals surface area contributed by atoms with Crippen LogP contribution in [0.15, 0.2) is 18.2 Å². The summed E-state index contributed by atoms with van der Waals surface area (Å²) in [6.07, 6.45) is 3.12. The van der Waals surface area contributed by atoms with Crippen molar-refractivity contribution in [2.75, 3.05) is 6.61 Å². The second-order valence-corrected chi connectivity index (χ2v) is 3.20. The van der Waals surface area contributed by atoms with E-state index in [2.05, 4.69) is 0 Å². The molecule has 1 aromatic carbocycles. The molecule has 0 saturated carbocycles. The van der Waals surface area contributed by atoms with Gasteiger partial charge in [-0.2, -0.15) is 0 Å². The number of rotatable bonds is 2. The van der Waals surface area contributed by atoms with Gasteiger partial charge >= 0.3 is 0 Å². The summed E-state index contributed by atoms with van der Waals surface area (Å²) in [4.78, 5) is 0. The first-order valence-electron chi connectivity index (χ1n) is 3.57.